The van der Waals surface area contributed by atoms with Crippen LogP contribution in [0.1, 0.15) is 45.7 Å². The molecule has 222 valence electrons. The van der Waals surface area contributed by atoms with Crippen molar-refractivity contribution in [2.75, 3.05) is 13.7 Å². The van der Waals surface area contributed by atoms with Crippen LogP contribution in [0.15, 0.2) is 24.3 Å². The second kappa shape index (κ2) is 15.4. The minimum Gasteiger partial charge on any atom is -0.467 e. The minimum atomic E-state index is -1.33. The molecule has 1 N–H and O–H groups in total. The Labute approximate surface area is 237 Å². The Balaban J connectivity index is 2.47. The topological polar surface area (TPSA) is 170 Å². The first-order valence-electron chi connectivity index (χ1n) is 12.6. The molecular weight excluding hydrogens is 542 g/mol. The summed E-state index contributed by atoms with van der Waals surface area (Å²) in [7, 11) is 1.21. The molecule has 0 aliphatic carbocycles. The fourth-order valence-electron chi connectivity index (χ4n) is 4.09. The van der Waals surface area contributed by atoms with Gasteiger partial charge in [-0.05, 0) is 17.7 Å². The van der Waals surface area contributed by atoms with Crippen molar-refractivity contribution in [1.82, 2.24) is 5.32 Å². The first kappa shape index (κ1) is 32.8. The van der Waals surface area contributed by atoms with Gasteiger partial charge in [0.15, 0.2) is 24.4 Å². The summed E-state index contributed by atoms with van der Waals surface area (Å²) in [5.41, 5.74) is 1.13. The number of carbonyl (C=O) groups excluding carboxylic acids is 6. The standard InChI is InChI=1S/C28H33NO12/c1-15(30)29-22(28(35)36-6)13-21-9-7-8-20(12-21)10-11-23-25(38-17(3)32)27(40-19(5)34)26(39-18(4)33)24(41-23)14-37-16(2)31/h7-9,12,22-27H,13-14H2,1-6H3,(H,29,30)/t22?,23-,24+,25-,26+,27+/m0/s1. The van der Waals surface area contributed by atoms with Gasteiger partial charge in [0, 0.05) is 46.6 Å². The van der Waals surface area contributed by atoms with Crippen LogP contribution in [0.5, 0.6) is 0 Å². The summed E-state index contributed by atoms with van der Waals surface area (Å²) in [5.74, 6) is 1.87. The molecule has 1 aromatic rings. The Bertz CT molecular complexity index is 1220. The van der Waals surface area contributed by atoms with Crippen molar-refractivity contribution in [3.63, 3.8) is 0 Å². The average molecular weight is 576 g/mol. The van der Waals surface area contributed by atoms with Crippen LogP contribution in [-0.2, 0) is 63.6 Å². The van der Waals surface area contributed by atoms with E-state index in [1.165, 1.54) is 21.0 Å². The molecule has 1 aliphatic heterocycles. The fraction of sp³-hybridized carbons (Fsp3) is 0.500. The number of nitrogens with one attached hydrogen (secondary N) is 1. The van der Waals surface area contributed by atoms with Gasteiger partial charge < -0.3 is 33.7 Å². The van der Waals surface area contributed by atoms with Gasteiger partial charge in [-0.1, -0.05) is 24.0 Å². The molecule has 1 aromatic carbocycles. The van der Waals surface area contributed by atoms with Crippen molar-refractivity contribution >= 4 is 35.8 Å². The van der Waals surface area contributed by atoms with Gasteiger partial charge in [0.1, 0.15) is 18.8 Å². The molecule has 1 saturated heterocycles. The normalized spacial score (nSPS) is 22.0. The summed E-state index contributed by atoms with van der Waals surface area (Å²) >= 11 is 0. The third kappa shape index (κ3) is 10.6. The molecule has 13 nitrogen and oxygen atoms in total. The lowest BCUT2D eigenvalue weighted by Crippen LogP contribution is -2.62. The van der Waals surface area contributed by atoms with Crippen LogP contribution in [-0.4, -0.2) is 86.0 Å². The summed E-state index contributed by atoms with van der Waals surface area (Å²) in [6.07, 6.45) is -6.14. The van der Waals surface area contributed by atoms with Crippen LogP contribution >= 0.6 is 0 Å². The summed E-state index contributed by atoms with van der Waals surface area (Å²) in [5, 5.41) is 2.54. The lowest BCUT2D eigenvalue weighted by atomic mass is 9.94. The van der Waals surface area contributed by atoms with Crippen molar-refractivity contribution in [1.29, 1.82) is 0 Å². The van der Waals surface area contributed by atoms with Crippen LogP contribution in [0.4, 0.5) is 0 Å². The zero-order valence-electron chi connectivity index (χ0n) is 23.6. The van der Waals surface area contributed by atoms with Gasteiger partial charge in [-0.25, -0.2) is 4.79 Å². The number of hydrogen-bond donors (Lipinski definition) is 1. The third-order valence-corrected chi connectivity index (χ3v) is 5.58. The summed E-state index contributed by atoms with van der Waals surface area (Å²) in [6.45, 7) is 5.48. The van der Waals surface area contributed by atoms with Crippen molar-refractivity contribution in [2.45, 2.75) is 77.6 Å². The lowest BCUT2D eigenvalue weighted by Gasteiger charge is -2.42. The van der Waals surface area contributed by atoms with Crippen LogP contribution in [0.3, 0.4) is 0 Å². The number of ether oxygens (including phenoxy) is 6. The monoisotopic (exact) mass is 575 g/mol. The van der Waals surface area contributed by atoms with Gasteiger partial charge >= 0.3 is 29.8 Å². The molecule has 6 atom stereocenters. The molecule has 0 aromatic heterocycles. The highest BCUT2D eigenvalue weighted by molar-refractivity contribution is 5.83. The zero-order valence-corrected chi connectivity index (χ0v) is 23.6. The smallest absolute Gasteiger partial charge is 0.328 e. The van der Waals surface area contributed by atoms with E-state index in [-0.39, 0.29) is 13.0 Å². The SMILES string of the molecule is COC(=O)C(Cc1cccc(C#C[C@@H]2O[C@H](COC(C)=O)[C@@H](OC(C)=O)[C@H](OC(C)=O)[C@H]2OC(C)=O)c1)NC(C)=O. The van der Waals surface area contributed by atoms with E-state index >= 15 is 0 Å². The first-order valence-corrected chi connectivity index (χ1v) is 12.6. The third-order valence-electron chi connectivity index (χ3n) is 5.58. The molecule has 1 unspecified atom stereocenters. The number of amides is 1. The van der Waals surface area contributed by atoms with Crippen LogP contribution in [0, 0.1) is 11.8 Å². The van der Waals surface area contributed by atoms with Gasteiger partial charge in [0.05, 0.1) is 7.11 Å². The molecule has 1 heterocycles. The van der Waals surface area contributed by atoms with Gasteiger partial charge in [-0.2, -0.15) is 0 Å². The second-order valence-corrected chi connectivity index (χ2v) is 9.07. The number of benzene rings is 1. The second-order valence-electron chi connectivity index (χ2n) is 9.07. The molecule has 1 amide bonds. The van der Waals surface area contributed by atoms with Gasteiger partial charge in [-0.15, -0.1) is 0 Å². The summed E-state index contributed by atoms with van der Waals surface area (Å²) < 4.78 is 32.0. The largest absolute Gasteiger partial charge is 0.467 e. The number of rotatable bonds is 9. The Morgan fingerprint density at radius 3 is 2.05 bits per heavy atom. The average Bonchev–Trinajstić information content (AvgIpc) is 2.87. The summed E-state index contributed by atoms with van der Waals surface area (Å²) in [4.78, 5) is 70.9. The maximum atomic E-state index is 12.1. The number of methoxy groups -OCH3 is 1. The molecular formula is C28H33NO12. The molecule has 0 saturated carbocycles. The predicted molar refractivity (Wildman–Crippen MR) is 139 cm³/mol. The van der Waals surface area contributed by atoms with Crippen molar-refractivity contribution < 1.29 is 57.2 Å². The lowest BCUT2D eigenvalue weighted by molar-refractivity contribution is -0.242. The van der Waals surface area contributed by atoms with E-state index in [0.29, 0.717) is 11.1 Å². The van der Waals surface area contributed by atoms with Gasteiger partial charge in [-0.3, -0.25) is 24.0 Å². The van der Waals surface area contributed by atoms with E-state index in [2.05, 4.69) is 17.2 Å². The van der Waals surface area contributed by atoms with E-state index in [0.717, 1.165) is 20.8 Å². The molecule has 0 spiro atoms. The molecule has 1 aliphatic rings. The highest BCUT2D eigenvalue weighted by atomic mass is 16.7. The Kier molecular flexibility index (Phi) is 12.3. The van der Waals surface area contributed by atoms with Crippen LogP contribution in [0.25, 0.3) is 0 Å². The Morgan fingerprint density at radius 1 is 0.878 bits per heavy atom. The summed E-state index contributed by atoms with van der Waals surface area (Å²) in [6, 6.07) is 5.86. The van der Waals surface area contributed by atoms with Crippen molar-refractivity contribution in [3.8, 4) is 11.8 Å². The molecule has 1 fully saturated rings. The van der Waals surface area contributed by atoms with E-state index in [1.54, 1.807) is 24.3 Å². The Morgan fingerprint density at radius 2 is 1.49 bits per heavy atom. The number of carbonyl (C=O) groups is 6. The minimum absolute atomic E-state index is 0.126. The predicted octanol–water partition coefficient (Wildman–Crippen LogP) is 0.384. The van der Waals surface area contributed by atoms with Crippen LogP contribution in [0.2, 0.25) is 0 Å². The van der Waals surface area contributed by atoms with E-state index in [4.69, 9.17) is 28.4 Å². The molecule has 0 bridgehead atoms. The fourth-order valence-corrected chi connectivity index (χ4v) is 4.09. The van der Waals surface area contributed by atoms with Crippen molar-refractivity contribution in [2.24, 2.45) is 0 Å². The van der Waals surface area contributed by atoms with E-state index < -0.39 is 72.3 Å². The van der Waals surface area contributed by atoms with Crippen molar-refractivity contribution in [3.05, 3.63) is 35.4 Å². The number of esters is 5. The molecule has 13 heteroatoms. The highest BCUT2D eigenvalue weighted by Gasteiger charge is 2.51. The maximum absolute atomic E-state index is 12.1. The molecule has 0 radical (unpaired) electrons. The van der Waals surface area contributed by atoms with E-state index in [9.17, 15) is 28.8 Å². The van der Waals surface area contributed by atoms with Crippen LogP contribution < -0.4 is 5.32 Å². The number of hydrogen-bond acceptors (Lipinski definition) is 12. The van der Waals surface area contributed by atoms with E-state index in [1.807, 2.05) is 0 Å². The first-order chi connectivity index (χ1) is 19.3. The molecule has 41 heavy (non-hydrogen) atoms. The Hall–Kier alpha value is -4.44. The van der Waals surface area contributed by atoms with Gasteiger partial charge in [0.2, 0.25) is 5.91 Å². The molecule has 2 rings (SSSR count). The maximum Gasteiger partial charge on any atom is 0.328 e. The van der Waals surface area contributed by atoms with Gasteiger partial charge in [0.25, 0.3) is 0 Å². The highest BCUT2D eigenvalue weighted by Crippen LogP contribution is 2.29. The zero-order chi connectivity index (χ0) is 30.7. The quantitative estimate of drug-likeness (QED) is 0.244.